The highest BCUT2D eigenvalue weighted by atomic mass is 16.5. The zero-order valence-corrected chi connectivity index (χ0v) is 14.1. The first kappa shape index (κ1) is 20.8. The van der Waals surface area contributed by atoms with Crippen LogP contribution in [0.4, 0.5) is 0 Å². The van der Waals surface area contributed by atoms with Crippen LogP contribution >= 0.6 is 0 Å². The van der Waals surface area contributed by atoms with Crippen molar-refractivity contribution in [2.24, 2.45) is 0 Å². The van der Waals surface area contributed by atoms with E-state index in [9.17, 15) is 24.5 Å². The molecule has 1 aliphatic rings. The molecule has 2 rings (SSSR count). The second kappa shape index (κ2) is 8.91. The highest BCUT2D eigenvalue weighted by Gasteiger charge is 2.36. The van der Waals surface area contributed by atoms with Gasteiger partial charge < -0.3 is 35.4 Å². The molecule has 1 aromatic heterocycles. The van der Waals surface area contributed by atoms with Crippen LogP contribution in [-0.4, -0.2) is 73.7 Å². The van der Waals surface area contributed by atoms with E-state index in [4.69, 9.17) is 20.0 Å². The van der Waals surface area contributed by atoms with Crippen LogP contribution in [-0.2, 0) is 15.9 Å². The first-order valence-corrected chi connectivity index (χ1v) is 8.12. The van der Waals surface area contributed by atoms with Gasteiger partial charge in [0.05, 0.1) is 17.9 Å². The number of nitrogens with zero attached hydrogens (tertiary/aromatic N) is 1. The van der Waals surface area contributed by atoms with Gasteiger partial charge in [0.1, 0.15) is 0 Å². The average molecular weight is 382 g/mol. The quantitative estimate of drug-likeness (QED) is 0.237. The fourth-order valence-corrected chi connectivity index (χ4v) is 2.90. The Balaban J connectivity index is 2.03. The summed E-state index contributed by atoms with van der Waals surface area (Å²) in [5.74, 6) is -4.44. The zero-order valence-electron chi connectivity index (χ0n) is 14.1. The Labute approximate surface area is 153 Å². The number of hydrogen-bond donors (Lipinski definition) is 6. The summed E-state index contributed by atoms with van der Waals surface area (Å²) in [5, 5.41) is 48.6. The molecule has 1 fully saturated rings. The number of carbonyl (C=O) groups excluding carboxylic acids is 1. The van der Waals surface area contributed by atoms with Gasteiger partial charge >= 0.3 is 19.1 Å². The molecule has 2 atom stereocenters. The molecule has 0 radical (unpaired) electrons. The van der Waals surface area contributed by atoms with Crippen molar-refractivity contribution < 1.29 is 44.5 Å². The largest absolute Gasteiger partial charge is 0.478 e. The number of aromatic nitrogens is 1. The molecule has 6 N–H and O–H groups in total. The molecule has 27 heavy (non-hydrogen) atoms. The van der Waals surface area contributed by atoms with Crippen LogP contribution < -0.4 is 5.32 Å². The summed E-state index contributed by atoms with van der Waals surface area (Å²) in [6.45, 7) is 0. The predicted octanol–water partition coefficient (Wildman–Crippen LogP) is -1.60. The standard InChI is InChI=1S/C15H19BN2O9/c19-10(18-9-2-1-8(6-11(20)21)27-16(9)26)5-7-3-4-17-13(15(24)25)12(7)14(22)23/h3-4,8-9,11,20-21,26H,1-2,5-6H2,(H,18,19)(H,22,23)(H,24,25)/t8-,9-/m0/s1. The first-order chi connectivity index (χ1) is 12.7. The number of hydrogen-bond acceptors (Lipinski definition) is 8. The van der Waals surface area contributed by atoms with Gasteiger partial charge in [0, 0.05) is 18.7 Å². The minimum atomic E-state index is -1.57. The Bertz CT molecular complexity index is 727. The van der Waals surface area contributed by atoms with Gasteiger partial charge in [0.15, 0.2) is 12.0 Å². The second-order valence-corrected chi connectivity index (χ2v) is 6.10. The minimum Gasteiger partial charge on any atom is -0.478 e. The van der Waals surface area contributed by atoms with Gasteiger partial charge in [0.2, 0.25) is 5.91 Å². The topological polar surface area (TPSA) is 187 Å². The van der Waals surface area contributed by atoms with E-state index in [0.717, 1.165) is 6.20 Å². The van der Waals surface area contributed by atoms with Gasteiger partial charge in [-0.15, -0.1) is 0 Å². The lowest BCUT2D eigenvalue weighted by atomic mass is 9.72. The Morgan fingerprint density at radius 1 is 1.26 bits per heavy atom. The second-order valence-electron chi connectivity index (χ2n) is 6.10. The van der Waals surface area contributed by atoms with E-state index >= 15 is 0 Å². The Morgan fingerprint density at radius 2 is 1.96 bits per heavy atom. The third-order valence-electron chi connectivity index (χ3n) is 4.10. The molecule has 1 amide bonds. The van der Waals surface area contributed by atoms with Crippen LogP contribution in [0.15, 0.2) is 12.3 Å². The molecule has 1 aliphatic heterocycles. The van der Waals surface area contributed by atoms with Crippen molar-refractivity contribution in [2.45, 2.75) is 44.0 Å². The van der Waals surface area contributed by atoms with Crippen molar-refractivity contribution in [2.75, 3.05) is 0 Å². The van der Waals surface area contributed by atoms with Crippen molar-refractivity contribution >= 4 is 25.0 Å². The summed E-state index contributed by atoms with van der Waals surface area (Å²) in [6.07, 6.45) is -0.850. The van der Waals surface area contributed by atoms with Crippen molar-refractivity contribution in [1.82, 2.24) is 10.3 Å². The lowest BCUT2D eigenvalue weighted by Gasteiger charge is -2.32. The van der Waals surface area contributed by atoms with Gasteiger partial charge in [-0.25, -0.2) is 14.6 Å². The maximum Gasteiger partial charge on any atom is 0.478 e. The maximum absolute atomic E-state index is 12.2. The van der Waals surface area contributed by atoms with Crippen molar-refractivity contribution in [3.05, 3.63) is 29.1 Å². The number of aliphatic hydroxyl groups excluding tert-OH is 1. The fraction of sp³-hybridized carbons (Fsp3) is 0.467. The number of carbonyl (C=O) groups is 3. The predicted molar refractivity (Wildman–Crippen MR) is 88.7 cm³/mol. The number of carboxylic acid groups (broad SMARTS) is 2. The fourth-order valence-electron chi connectivity index (χ4n) is 2.90. The third kappa shape index (κ3) is 5.47. The summed E-state index contributed by atoms with van der Waals surface area (Å²) >= 11 is 0. The number of rotatable bonds is 7. The number of carboxylic acids is 2. The molecule has 0 aromatic carbocycles. The number of aromatic carboxylic acids is 2. The van der Waals surface area contributed by atoms with E-state index in [-0.39, 0.29) is 12.0 Å². The monoisotopic (exact) mass is 382 g/mol. The molecule has 1 saturated heterocycles. The first-order valence-electron chi connectivity index (χ1n) is 8.12. The Morgan fingerprint density at radius 3 is 2.52 bits per heavy atom. The summed E-state index contributed by atoms with van der Waals surface area (Å²) in [4.78, 5) is 38.2. The van der Waals surface area contributed by atoms with Gasteiger partial charge in [-0.3, -0.25) is 4.79 Å². The third-order valence-corrected chi connectivity index (χ3v) is 4.10. The molecule has 12 heteroatoms. The van der Waals surface area contributed by atoms with Crippen LogP contribution in [0, 0.1) is 0 Å². The number of aliphatic hydroxyl groups is 2. The van der Waals surface area contributed by atoms with Crippen LogP contribution in [0.2, 0.25) is 0 Å². The molecule has 11 nitrogen and oxygen atoms in total. The summed E-state index contributed by atoms with van der Waals surface area (Å²) in [7, 11) is -1.36. The molecule has 146 valence electrons. The van der Waals surface area contributed by atoms with Crippen LogP contribution in [0.25, 0.3) is 0 Å². The van der Waals surface area contributed by atoms with E-state index in [2.05, 4.69) is 10.3 Å². The van der Waals surface area contributed by atoms with E-state index < -0.39 is 61.0 Å². The van der Waals surface area contributed by atoms with E-state index in [1.54, 1.807) is 0 Å². The lowest BCUT2D eigenvalue weighted by Crippen LogP contribution is -2.53. The summed E-state index contributed by atoms with van der Waals surface area (Å²) < 4.78 is 5.21. The molecule has 2 heterocycles. The normalized spacial score (nSPS) is 19.8. The SMILES string of the molecule is O=C(Cc1ccnc(C(=O)O)c1C(=O)O)N[C@H]1CC[C@@H](CC(O)O)OB1O. The highest BCUT2D eigenvalue weighted by Crippen LogP contribution is 2.20. The van der Waals surface area contributed by atoms with Gasteiger partial charge in [-0.2, -0.15) is 0 Å². The van der Waals surface area contributed by atoms with Crippen LogP contribution in [0.1, 0.15) is 45.7 Å². The number of pyridine rings is 1. The lowest BCUT2D eigenvalue weighted by molar-refractivity contribution is -0.121. The molecule has 1 aromatic rings. The van der Waals surface area contributed by atoms with E-state index in [1.807, 2.05) is 0 Å². The molecule has 0 bridgehead atoms. The van der Waals surface area contributed by atoms with Crippen molar-refractivity contribution in [3.8, 4) is 0 Å². The highest BCUT2D eigenvalue weighted by molar-refractivity contribution is 6.45. The van der Waals surface area contributed by atoms with Crippen molar-refractivity contribution in [3.63, 3.8) is 0 Å². The Hall–Kier alpha value is -2.54. The molecule has 0 saturated carbocycles. The minimum absolute atomic E-state index is 0.0279. The van der Waals surface area contributed by atoms with Crippen LogP contribution in [0.5, 0.6) is 0 Å². The maximum atomic E-state index is 12.2. The molecular weight excluding hydrogens is 363 g/mol. The Kier molecular flexibility index (Phi) is 6.85. The number of nitrogens with one attached hydrogen (secondary N) is 1. The molecular formula is C15H19BN2O9. The molecule has 0 aliphatic carbocycles. The van der Waals surface area contributed by atoms with Gasteiger partial charge in [-0.05, 0) is 24.5 Å². The van der Waals surface area contributed by atoms with Gasteiger partial charge in [-0.1, -0.05) is 0 Å². The zero-order chi connectivity index (χ0) is 20.1. The molecule has 0 spiro atoms. The summed E-state index contributed by atoms with van der Waals surface area (Å²) in [6, 6.07) is 1.24. The number of amides is 1. The summed E-state index contributed by atoms with van der Waals surface area (Å²) in [5.41, 5.74) is -1.27. The average Bonchev–Trinajstić information content (AvgIpc) is 2.56. The van der Waals surface area contributed by atoms with Crippen LogP contribution in [0.3, 0.4) is 0 Å². The van der Waals surface area contributed by atoms with E-state index in [0.29, 0.717) is 12.8 Å². The van der Waals surface area contributed by atoms with E-state index in [1.165, 1.54) is 6.07 Å². The smallest absolute Gasteiger partial charge is 0.478 e. The molecule has 0 unspecified atom stereocenters. The van der Waals surface area contributed by atoms with Gasteiger partial charge in [0.25, 0.3) is 0 Å². The van der Waals surface area contributed by atoms with Crippen molar-refractivity contribution in [1.29, 1.82) is 0 Å².